The molecule has 144 valence electrons. The second kappa shape index (κ2) is 8.08. The van der Waals surface area contributed by atoms with Crippen molar-refractivity contribution in [1.82, 2.24) is 0 Å². The molecule has 0 spiro atoms. The van der Waals surface area contributed by atoms with E-state index in [9.17, 15) is 4.79 Å². The van der Waals surface area contributed by atoms with Crippen molar-refractivity contribution in [1.29, 1.82) is 0 Å². The molecule has 4 rings (SSSR count). The molecule has 0 radical (unpaired) electrons. The van der Waals surface area contributed by atoms with E-state index in [4.69, 9.17) is 39.2 Å². The Morgan fingerprint density at radius 2 is 1.64 bits per heavy atom. The summed E-state index contributed by atoms with van der Waals surface area (Å²) >= 11 is 18.7. The third-order valence-corrected chi connectivity index (χ3v) is 5.83. The first-order valence-corrected chi connectivity index (χ1v) is 10.1. The number of furan rings is 1. The Morgan fingerprint density at radius 3 is 2.43 bits per heavy atom. The average molecular weight is 436 g/mol. The van der Waals surface area contributed by atoms with Crippen LogP contribution in [0.15, 0.2) is 52.9 Å². The van der Waals surface area contributed by atoms with Crippen LogP contribution in [0.25, 0.3) is 11.3 Å². The predicted molar refractivity (Wildman–Crippen MR) is 115 cm³/mol. The van der Waals surface area contributed by atoms with Crippen LogP contribution >= 0.6 is 34.8 Å². The van der Waals surface area contributed by atoms with Crippen molar-refractivity contribution in [2.45, 2.75) is 12.8 Å². The van der Waals surface area contributed by atoms with Gasteiger partial charge in [0.1, 0.15) is 5.76 Å². The molecule has 1 aliphatic rings. The topological polar surface area (TPSA) is 45.5 Å². The number of carbonyl (C=O) groups is 1. The van der Waals surface area contributed by atoms with Crippen LogP contribution in [0.5, 0.6) is 0 Å². The summed E-state index contributed by atoms with van der Waals surface area (Å²) in [6.45, 7) is 1.84. The standard InChI is InChI=1S/C21H17Cl3N2O2/c22-14-6-3-5-13(19(14)24)17-9-10-18(28-17)21(27)25-16-8-4-7-15(23)20(16)26-11-1-2-12-26/h3-10H,1-2,11-12H2,(H,25,27). The summed E-state index contributed by atoms with van der Waals surface area (Å²) in [7, 11) is 0. The van der Waals surface area contributed by atoms with E-state index in [1.54, 1.807) is 30.3 Å². The third-order valence-electron chi connectivity index (χ3n) is 4.70. The van der Waals surface area contributed by atoms with Gasteiger partial charge >= 0.3 is 0 Å². The summed E-state index contributed by atoms with van der Waals surface area (Å²) < 4.78 is 5.73. The Balaban J connectivity index is 1.60. The molecule has 1 amide bonds. The van der Waals surface area contributed by atoms with Crippen LogP contribution in [0, 0.1) is 0 Å². The minimum atomic E-state index is -0.355. The number of halogens is 3. The van der Waals surface area contributed by atoms with Gasteiger partial charge in [0, 0.05) is 18.7 Å². The van der Waals surface area contributed by atoms with Crippen LogP contribution in [0.4, 0.5) is 11.4 Å². The van der Waals surface area contributed by atoms with E-state index in [0.717, 1.165) is 31.6 Å². The van der Waals surface area contributed by atoms with Gasteiger partial charge in [-0.1, -0.05) is 46.9 Å². The molecule has 0 saturated carbocycles. The summed E-state index contributed by atoms with van der Waals surface area (Å²) in [5.74, 6) is 0.300. The number of carbonyl (C=O) groups excluding carboxylic acids is 1. The largest absolute Gasteiger partial charge is 0.451 e. The zero-order valence-electron chi connectivity index (χ0n) is 14.8. The van der Waals surface area contributed by atoms with Gasteiger partial charge in [0.05, 0.1) is 26.4 Å². The highest BCUT2D eigenvalue weighted by atomic mass is 35.5. The van der Waals surface area contributed by atoms with Gasteiger partial charge in [0.2, 0.25) is 0 Å². The van der Waals surface area contributed by atoms with Crippen LogP contribution in [0.1, 0.15) is 23.4 Å². The molecule has 28 heavy (non-hydrogen) atoms. The van der Waals surface area contributed by atoms with Crippen molar-refractivity contribution in [2.24, 2.45) is 0 Å². The van der Waals surface area contributed by atoms with E-state index in [2.05, 4.69) is 10.2 Å². The van der Waals surface area contributed by atoms with E-state index < -0.39 is 0 Å². The van der Waals surface area contributed by atoms with Gasteiger partial charge in [-0.25, -0.2) is 0 Å². The molecular weight excluding hydrogens is 419 g/mol. The first kappa shape index (κ1) is 19.2. The monoisotopic (exact) mass is 434 g/mol. The van der Waals surface area contributed by atoms with Crippen molar-refractivity contribution >= 4 is 52.1 Å². The fraction of sp³-hybridized carbons (Fsp3) is 0.190. The number of hydrogen-bond donors (Lipinski definition) is 1. The van der Waals surface area contributed by atoms with Crippen LogP contribution in [0.3, 0.4) is 0 Å². The Bertz CT molecular complexity index is 1030. The summed E-state index contributed by atoms with van der Waals surface area (Å²) in [6, 6.07) is 14.1. The Labute approximate surface area is 178 Å². The number of anilines is 2. The SMILES string of the molecule is O=C(Nc1cccc(Cl)c1N1CCCC1)c1ccc(-c2cccc(Cl)c2Cl)o1. The molecule has 2 aromatic carbocycles. The smallest absolute Gasteiger partial charge is 0.291 e. The lowest BCUT2D eigenvalue weighted by atomic mass is 10.2. The second-order valence-corrected chi connectivity index (χ2v) is 7.74. The van der Waals surface area contributed by atoms with E-state index in [-0.39, 0.29) is 11.7 Å². The molecule has 0 atom stereocenters. The summed E-state index contributed by atoms with van der Waals surface area (Å²) in [4.78, 5) is 15.0. The van der Waals surface area contributed by atoms with Gasteiger partial charge in [-0.15, -0.1) is 0 Å². The highest BCUT2D eigenvalue weighted by Crippen LogP contribution is 2.37. The third kappa shape index (κ3) is 3.72. The molecule has 0 unspecified atom stereocenters. The molecular formula is C21H17Cl3N2O2. The summed E-state index contributed by atoms with van der Waals surface area (Å²) in [5.41, 5.74) is 2.14. The number of nitrogens with one attached hydrogen (secondary N) is 1. The molecule has 7 heteroatoms. The number of amides is 1. The fourth-order valence-corrected chi connectivity index (χ4v) is 4.05. The maximum absolute atomic E-state index is 12.8. The van der Waals surface area contributed by atoms with Gasteiger partial charge in [0.25, 0.3) is 5.91 Å². The quantitative estimate of drug-likeness (QED) is 0.492. The zero-order chi connectivity index (χ0) is 19.7. The normalized spacial score (nSPS) is 13.8. The molecule has 0 aliphatic carbocycles. The van der Waals surface area contributed by atoms with E-state index in [1.165, 1.54) is 0 Å². The maximum Gasteiger partial charge on any atom is 0.291 e. The van der Waals surface area contributed by atoms with Crippen molar-refractivity contribution in [2.75, 3.05) is 23.3 Å². The molecule has 3 aromatic rings. The van der Waals surface area contributed by atoms with Gasteiger partial charge in [0.15, 0.2) is 5.76 Å². The van der Waals surface area contributed by atoms with Gasteiger partial charge < -0.3 is 14.6 Å². The number of para-hydroxylation sites is 1. The lowest BCUT2D eigenvalue weighted by Gasteiger charge is -2.22. The summed E-state index contributed by atoms with van der Waals surface area (Å²) in [6.07, 6.45) is 2.22. The maximum atomic E-state index is 12.8. The van der Waals surface area contributed by atoms with Crippen molar-refractivity contribution in [3.63, 3.8) is 0 Å². The minimum Gasteiger partial charge on any atom is -0.451 e. The highest BCUT2D eigenvalue weighted by molar-refractivity contribution is 6.43. The molecule has 4 nitrogen and oxygen atoms in total. The molecule has 2 heterocycles. The molecule has 1 N–H and O–H groups in total. The Hall–Kier alpha value is -2.14. The van der Waals surface area contributed by atoms with Crippen molar-refractivity contribution in [3.8, 4) is 11.3 Å². The molecule has 0 bridgehead atoms. The van der Waals surface area contributed by atoms with E-state index >= 15 is 0 Å². The minimum absolute atomic E-state index is 0.179. The highest BCUT2D eigenvalue weighted by Gasteiger charge is 2.21. The van der Waals surface area contributed by atoms with Crippen molar-refractivity contribution < 1.29 is 9.21 Å². The van der Waals surface area contributed by atoms with Gasteiger partial charge in [-0.3, -0.25) is 4.79 Å². The second-order valence-electron chi connectivity index (χ2n) is 6.55. The first-order valence-electron chi connectivity index (χ1n) is 8.93. The van der Waals surface area contributed by atoms with Crippen LogP contribution in [-0.4, -0.2) is 19.0 Å². The van der Waals surface area contributed by atoms with E-state index in [0.29, 0.717) is 32.1 Å². The zero-order valence-corrected chi connectivity index (χ0v) is 17.1. The van der Waals surface area contributed by atoms with E-state index in [1.807, 2.05) is 18.2 Å². The lowest BCUT2D eigenvalue weighted by Crippen LogP contribution is -2.21. The molecule has 1 aromatic heterocycles. The Morgan fingerprint density at radius 1 is 0.929 bits per heavy atom. The Kier molecular flexibility index (Phi) is 5.54. The van der Waals surface area contributed by atoms with Crippen LogP contribution in [-0.2, 0) is 0 Å². The number of nitrogens with zero attached hydrogens (tertiary/aromatic N) is 1. The van der Waals surface area contributed by atoms with Crippen molar-refractivity contribution in [3.05, 3.63) is 69.4 Å². The fourth-order valence-electron chi connectivity index (χ4n) is 3.36. The molecule has 1 saturated heterocycles. The average Bonchev–Trinajstić information content (AvgIpc) is 3.36. The number of hydrogen-bond acceptors (Lipinski definition) is 3. The summed E-state index contributed by atoms with van der Waals surface area (Å²) in [5, 5.41) is 4.35. The predicted octanol–water partition coefficient (Wildman–Crippen LogP) is 6.76. The van der Waals surface area contributed by atoms with Crippen LogP contribution in [0.2, 0.25) is 15.1 Å². The number of rotatable bonds is 4. The first-order chi connectivity index (χ1) is 13.5. The number of benzene rings is 2. The molecule has 1 fully saturated rings. The van der Waals surface area contributed by atoms with Crippen LogP contribution < -0.4 is 10.2 Å². The lowest BCUT2D eigenvalue weighted by molar-refractivity contribution is 0.0997. The van der Waals surface area contributed by atoms with Gasteiger partial charge in [-0.2, -0.15) is 0 Å². The molecule has 1 aliphatic heterocycles. The van der Waals surface area contributed by atoms with Gasteiger partial charge in [-0.05, 0) is 49.2 Å².